The number of carboxylic acid groups (broad SMARTS) is 1. The van der Waals surface area contributed by atoms with E-state index in [-0.39, 0.29) is 12.8 Å². The number of allylic oxidation sites excluding steroid dienone is 4. The third-order valence-corrected chi connectivity index (χ3v) is 9.94. The summed E-state index contributed by atoms with van der Waals surface area (Å²) in [7, 11) is -4.75. The quantitative estimate of drug-likeness (QED) is 0.0204. The fourth-order valence-electron chi connectivity index (χ4n) is 5.70. The van der Waals surface area contributed by atoms with Gasteiger partial charge in [-0.15, -0.1) is 0 Å². The molecule has 0 saturated carbocycles. The van der Waals surface area contributed by atoms with Crippen LogP contribution in [0.2, 0.25) is 0 Å². The van der Waals surface area contributed by atoms with Gasteiger partial charge in [0.15, 0.2) is 6.04 Å². The molecule has 53 heavy (non-hydrogen) atoms. The van der Waals surface area contributed by atoms with Gasteiger partial charge in [-0.25, -0.2) is 9.36 Å². The van der Waals surface area contributed by atoms with Crippen molar-refractivity contribution in [3.05, 3.63) is 24.3 Å². The first-order valence-corrected chi connectivity index (χ1v) is 22.4. The van der Waals surface area contributed by atoms with Gasteiger partial charge in [0.05, 0.1) is 13.2 Å². The minimum atomic E-state index is -4.75. The number of carbonyl (C=O) groups excluding carboxylic acids is 2. The number of aliphatic carboxylic acids is 1. The molecular weight excluding hydrogens is 697 g/mol. The number of nitrogens with one attached hydrogen (secondary N) is 1. The van der Waals surface area contributed by atoms with Crippen molar-refractivity contribution in [3.63, 3.8) is 0 Å². The molecule has 0 aromatic heterocycles. The molecule has 4 N–H and O–H groups in total. The van der Waals surface area contributed by atoms with Crippen LogP contribution in [-0.4, -0.2) is 64.9 Å². The molecule has 3 unspecified atom stereocenters. The summed E-state index contributed by atoms with van der Waals surface area (Å²) in [5, 5.41) is 21.8. The summed E-state index contributed by atoms with van der Waals surface area (Å²) in [6, 6.07) is -1.55. The van der Waals surface area contributed by atoms with Crippen molar-refractivity contribution < 1.29 is 47.8 Å². The Balaban J connectivity index is 3.95. The van der Waals surface area contributed by atoms with Crippen LogP contribution in [0, 0.1) is 0 Å². The highest BCUT2D eigenvalue weighted by Gasteiger charge is 2.28. The van der Waals surface area contributed by atoms with Gasteiger partial charge >= 0.3 is 19.8 Å². The van der Waals surface area contributed by atoms with Crippen LogP contribution >= 0.6 is 7.82 Å². The van der Waals surface area contributed by atoms with Crippen molar-refractivity contribution in [2.75, 3.05) is 19.8 Å². The van der Waals surface area contributed by atoms with Crippen molar-refractivity contribution in [2.45, 2.75) is 199 Å². The molecule has 11 nitrogen and oxygen atoms in total. The lowest BCUT2D eigenvalue weighted by atomic mass is 10.0. The van der Waals surface area contributed by atoms with Gasteiger partial charge in [0.1, 0.15) is 12.7 Å². The Labute approximate surface area is 321 Å². The standard InChI is InChI=1S/C41H76NO10P/c1-3-5-7-9-11-13-15-17-18-19-21-22-24-26-28-30-32-39(44)42-38(41(46)47)36-52-53(48,49)51-35-37(43)34-50-40(45)33-31-29-27-25-23-20-16-14-12-10-8-6-4-2/h13,15,18-19,37-38,43H,3-12,14,16-17,20-36H2,1-2H3,(H,42,44)(H,46,47)(H,48,49)/b15-13-,19-18-. The van der Waals surface area contributed by atoms with Gasteiger partial charge in [0.2, 0.25) is 5.91 Å². The van der Waals surface area contributed by atoms with Gasteiger partial charge in [-0.2, -0.15) is 0 Å². The predicted molar refractivity (Wildman–Crippen MR) is 213 cm³/mol. The second kappa shape index (κ2) is 36.9. The van der Waals surface area contributed by atoms with Gasteiger partial charge in [0.25, 0.3) is 0 Å². The lowest BCUT2D eigenvalue weighted by Gasteiger charge is -2.18. The topological polar surface area (TPSA) is 169 Å². The highest BCUT2D eigenvalue weighted by atomic mass is 31.2. The van der Waals surface area contributed by atoms with E-state index in [9.17, 15) is 34.1 Å². The molecule has 1 amide bonds. The Kier molecular flexibility index (Phi) is 35.5. The minimum absolute atomic E-state index is 0.131. The average molecular weight is 774 g/mol. The average Bonchev–Trinajstić information content (AvgIpc) is 3.13. The number of unbranched alkanes of at least 4 members (excludes halogenated alkanes) is 21. The second-order valence-electron chi connectivity index (χ2n) is 14.2. The fraction of sp³-hybridized carbons (Fsp3) is 0.829. The highest BCUT2D eigenvalue weighted by Crippen LogP contribution is 2.43. The van der Waals surface area contributed by atoms with Gasteiger partial charge in [-0.3, -0.25) is 18.6 Å². The predicted octanol–water partition coefficient (Wildman–Crippen LogP) is 10.3. The largest absolute Gasteiger partial charge is 0.480 e. The third kappa shape index (κ3) is 36.7. The molecule has 12 heteroatoms. The number of rotatable bonds is 39. The van der Waals surface area contributed by atoms with Gasteiger partial charge in [-0.1, -0.05) is 154 Å². The zero-order chi connectivity index (χ0) is 39.3. The number of aliphatic hydroxyl groups excluding tert-OH is 1. The van der Waals surface area contributed by atoms with Crippen LogP contribution in [0.15, 0.2) is 24.3 Å². The molecule has 0 aliphatic carbocycles. The number of amides is 1. The van der Waals surface area contributed by atoms with Crippen molar-refractivity contribution in [3.8, 4) is 0 Å². The van der Waals surface area contributed by atoms with Crippen LogP contribution in [0.25, 0.3) is 0 Å². The molecule has 310 valence electrons. The second-order valence-corrected chi connectivity index (χ2v) is 15.6. The Bertz CT molecular complexity index is 1010. The minimum Gasteiger partial charge on any atom is -0.480 e. The normalized spacial score (nSPS) is 14.0. The number of carbonyl (C=O) groups is 3. The Morgan fingerprint density at radius 2 is 1.04 bits per heavy atom. The Morgan fingerprint density at radius 3 is 1.55 bits per heavy atom. The smallest absolute Gasteiger partial charge is 0.472 e. The van der Waals surface area contributed by atoms with E-state index in [0.29, 0.717) is 12.8 Å². The van der Waals surface area contributed by atoms with Crippen LogP contribution in [0.1, 0.15) is 187 Å². The third-order valence-electron chi connectivity index (χ3n) is 8.99. The van der Waals surface area contributed by atoms with Crippen LogP contribution in [-0.2, 0) is 32.7 Å². The molecule has 0 fully saturated rings. The molecule has 3 atom stereocenters. The molecule has 0 aliphatic rings. The van der Waals surface area contributed by atoms with E-state index in [1.165, 1.54) is 83.5 Å². The molecular formula is C41H76NO10P. The first kappa shape index (κ1) is 51.0. The zero-order valence-electron chi connectivity index (χ0n) is 33.3. The van der Waals surface area contributed by atoms with Crippen molar-refractivity contribution in [1.82, 2.24) is 5.32 Å². The number of phosphoric ester groups is 1. The van der Waals surface area contributed by atoms with E-state index in [2.05, 4.69) is 43.5 Å². The number of esters is 1. The van der Waals surface area contributed by atoms with E-state index in [1.54, 1.807) is 0 Å². The fourth-order valence-corrected chi connectivity index (χ4v) is 6.47. The number of aliphatic hydroxyl groups is 1. The van der Waals surface area contributed by atoms with Crippen molar-refractivity contribution in [1.29, 1.82) is 0 Å². The number of carboxylic acids is 1. The summed E-state index contributed by atoms with van der Waals surface area (Å²) in [6.07, 6.45) is 36.3. The van der Waals surface area contributed by atoms with E-state index in [1.807, 2.05) is 0 Å². The maximum Gasteiger partial charge on any atom is 0.472 e. The summed E-state index contributed by atoms with van der Waals surface area (Å²) in [5.41, 5.74) is 0. The monoisotopic (exact) mass is 774 g/mol. The summed E-state index contributed by atoms with van der Waals surface area (Å²) >= 11 is 0. The highest BCUT2D eigenvalue weighted by molar-refractivity contribution is 7.47. The van der Waals surface area contributed by atoms with Gasteiger partial charge in [-0.05, 0) is 44.9 Å². The van der Waals surface area contributed by atoms with E-state index < -0.39 is 57.6 Å². The lowest BCUT2D eigenvalue weighted by molar-refractivity contribution is -0.147. The molecule has 0 saturated heterocycles. The van der Waals surface area contributed by atoms with E-state index in [4.69, 9.17) is 13.8 Å². The maximum absolute atomic E-state index is 12.3. The summed E-state index contributed by atoms with van der Waals surface area (Å²) in [5.74, 6) is -2.39. The lowest BCUT2D eigenvalue weighted by Crippen LogP contribution is -2.43. The zero-order valence-corrected chi connectivity index (χ0v) is 34.2. The van der Waals surface area contributed by atoms with Crippen molar-refractivity contribution >= 4 is 25.7 Å². The summed E-state index contributed by atoms with van der Waals surface area (Å²) < 4.78 is 26.8. The van der Waals surface area contributed by atoms with E-state index >= 15 is 0 Å². The van der Waals surface area contributed by atoms with Crippen LogP contribution in [0.5, 0.6) is 0 Å². The first-order valence-electron chi connectivity index (χ1n) is 20.9. The first-order chi connectivity index (χ1) is 25.6. The molecule has 0 radical (unpaired) electrons. The molecule has 0 rings (SSSR count). The van der Waals surface area contributed by atoms with Crippen LogP contribution in [0.4, 0.5) is 0 Å². The number of phosphoric acid groups is 1. The maximum atomic E-state index is 12.3. The molecule has 0 aromatic carbocycles. The number of ether oxygens (including phenoxy) is 1. The van der Waals surface area contributed by atoms with Crippen molar-refractivity contribution in [2.24, 2.45) is 0 Å². The summed E-state index contributed by atoms with van der Waals surface area (Å²) in [6.45, 7) is 2.56. The molecule has 0 heterocycles. The molecule has 0 spiro atoms. The molecule has 0 aromatic rings. The van der Waals surface area contributed by atoms with Crippen LogP contribution in [0.3, 0.4) is 0 Å². The number of hydrogen-bond acceptors (Lipinski definition) is 8. The van der Waals surface area contributed by atoms with E-state index in [0.717, 1.165) is 64.2 Å². The SMILES string of the molecule is CCCCCC/C=C\C/C=C\CCCCCCCC(=O)NC(COP(=O)(O)OCC(O)COC(=O)CCCCCCCCCCCCCCC)C(=O)O. The Morgan fingerprint density at radius 1 is 0.604 bits per heavy atom. The van der Waals surface area contributed by atoms with Gasteiger partial charge < -0.3 is 25.2 Å². The number of hydrogen-bond donors (Lipinski definition) is 4. The molecule has 0 bridgehead atoms. The summed E-state index contributed by atoms with van der Waals surface area (Å²) in [4.78, 5) is 45.8. The van der Waals surface area contributed by atoms with Crippen LogP contribution < -0.4 is 5.32 Å². The van der Waals surface area contributed by atoms with Gasteiger partial charge in [0, 0.05) is 12.8 Å². The Hall–Kier alpha value is -2.04. The molecule has 0 aliphatic heterocycles.